The van der Waals surface area contributed by atoms with Gasteiger partial charge in [-0.3, -0.25) is 0 Å². The standard InChI is InChI=1S/C78H47BN2OS2/c1-3-19-48(20-4-1)54-23-7-12-30-64(54)80-66-40-37-51(56-28-17-35-74-76(56)59-26-10-15-33-72(59)83-74)44-62(66)79-63-45-52(57-29-18-36-75-77(57)60-27-11-16-34-73(60)84-75)38-41-67(63)81(65-31-13-8-24-55(65)49-21-5-2-6-22-49)69-47-53(46-68(80)78(69)79)50-39-42-71-61(43-50)58-25-9-14-32-70(58)82-71/h1-47H. The van der Waals surface area contributed by atoms with Gasteiger partial charge in [0.15, 0.2) is 0 Å². The van der Waals surface area contributed by atoms with Crippen LogP contribution in [0.25, 0.3) is 118 Å². The van der Waals surface area contributed by atoms with E-state index >= 15 is 0 Å². The molecule has 0 bridgehead atoms. The summed E-state index contributed by atoms with van der Waals surface area (Å²) < 4.78 is 11.7. The Balaban J connectivity index is 0.983. The van der Waals surface area contributed by atoms with Crippen LogP contribution in [0.5, 0.6) is 0 Å². The first-order valence-corrected chi connectivity index (χ1v) is 30.4. The minimum atomic E-state index is -0.189. The largest absolute Gasteiger partial charge is 0.456 e. The molecule has 6 heteroatoms. The predicted octanol–water partition coefficient (Wildman–Crippen LogP) is 20.7. The molecule has 84 heavy (non-hydrogen) atoms. The summed E-state index contributed by atoms with van der Waals surface area (Å²) in [6.45, 7) is -0.189. The van der Waals surface area contributed by atoms with E-state index in [0.29, 0.717) is 0 Å². The van der Waals surface area contributed by atoms with Crippen LogP contribution in [-0.4, -0.2) is 6.71 Å². The monoisotopic (exact) mass is 1100 g/mol. The Labute approximate surface area is 493 Å². The highest BCUT2D eigenvalue weighted by Gasteiger charge is 2.45. The van der Waals surface area contributed by atoms with Crippen LogP contribution in [0.3, 0.4) is 0 Å². The van der Waals surface area contributed by atoms with Gasteiger partial charge in [-0.1, -0.05) is 206 Å². The van der Waals surface area contributed by atoms with Gasteiger partial charge in [-0.25, -0.2) is 0 Å². The van der Waals surface area contributed by atoms with Crippen LogP contribution in [-0.2, 0) is 0 Å². The lowest BCUT2D eigenvalue weighted by Crippen LogP contribution is -2.61. The summed E-state index contributed by atoms with van der Waals surface area (Å²) in [6.07, 6.45) is 0. The maximum Gasteiger partial charge on any atom is 0.252 e. The van der Waals surface area contributed by atoms with Gasteiger partial charge in [-0.2, -0.15) is 0 Å². The number of benzene rings is 13. The van der Waals surface area contributed by atoms with Crippen molar-refractivity contribution in [1.29, 1.82) is 0 Å². The minimum absolute atomic E-state index is 0.189. The van der Waals surface area contributed by atoms with Crippen molar-refractivity contribution in [3.8, 4) is 55.6 Å². The lowest BCUT2D eigenvalue weighted by molar-refractivity contribution is 0.669. The van der Waals surface area contributed by atoms with Gasteiger partial charge >= 0.3 is 0 Å². The molecule has 0 N–H and O–H groups in total. The first-order chi connectivity index (χ1) is 41.7. The molecule has 3 nitrogen and oxygen atoms in total. The zero-order valence-electron chi connectivity index (χ0n) is 45.3. The number of anilines is 6. The van der Waals surface area contributed by atoms with Crippen molar-refractivity contribution in [2.75, 3.05) is 9.80 Å². The van der Waals surface area contributed by atoms with Crippen molar-refractivity contribution in [1.82, 2.24) is 0 Å². The molecule has 0 atom stereocenters. The predicted molar refractivity (Wildman–Crippen MR) is 361 cm³/mol. The first-order valence-electron chi connectivity index (χ1n) is 28.7. The molecule has 16 aromatic rings. The van der Waals surface area contributed by atoms with Gasteiger partial charge in [-0.05, 0) is 140 Å². The lowest BCUT2D eigenvalue weighted by Gasteiger charge is -2.45. The van der Waals surface area contributed by atoms with Crippen molar-refractivity contribution in [2.45, 2.75) is 0 Å². The molecule has 0 saturated carbocycles. The molecule has 390 valence electrons. The smallest absolute Gasteiger partial charge is 0.252 e. The Morgan fingerprint density at radius 1 is 0.262 bits per heavy atom. The summed E-state index contributed by atoms with van der Waals surface area (Å²) in [7, 11) is 0. The molecule has 3 aromatic heterocycles. The highest BCUT2D eigenvalue weighted by molar-refractivity contribution is 7.26. The Morgan fingerprint density at radius 3 is 1.26 bits per heavy atom. The number of rotatable bonds is 7. The summed E-state index contributed by atoms with van der Waals surface area (Å²) >= 11 is 3.75. The molecule has 0 saturated heterocycles. The Hall–Kier alpha value is -10.2. The van der Waals surface area contributed by atoms with E-state index < -0.39 is 0 Å². The molecule has 0 unspecified atom stereocenters. The highest BCUT2D eigenvalue weighted by Crippen LogP contribution is 2.52. The van der Waals surface area contributed by atoms with E-state index in [1.807, 2.05) is 22.7 Å². The summed E-state index contributed by atoms with van der Waals surface area (Å²) in [5.41, 5.74) is 24.1. The normalized spacial score (nSPS) is 12.7. The van der Waals surface area contributed by atoms with Crippen LogP contribution < -0.4 is 26.2 Å². The highest BCUT2D eigenvalue weighted by atomic mass is 32.1. The third kappa shape index (κ3) is 7.18. The molecule has 2 aliphatic rings. The van der Waals surface area contributed by atoms with Crippen LogP contribution in [0, 0.1) is 0 Å². The molecule has 0 spiro atoms. The SMILES string of the molecule is c1ccc(-c2ccccc2N2c3ccc(-c4cccc5sc6ccccc6c45)cc3B3c4cc(-c5cccc6sc7ccccc7c56)ccc4N(c4ccccc4-c4ccccc4)c4cc(-c5ccc6oc7ccccc7c6c5)cc2c43)cc1. The molecular weight excluding hydrogens is 1060 g/mol. The third-order valence-corrected chi connectivity index (χ3v) is 19.9. The van der Waals surface area contributed by atoms with E-state index in [-0.39, 0.29) is 6.71 Å². The number of nitrogens with zero attached hydrogens (tertiary/aromatic N) is 2. The molecule has 0 radical (unpaired) electrons. The van der Waals surface area contributed by atoms with Crippen molar-refractivity contribution in [2.24, 2.45) is 0 Å². The summed E-state index contributed by atoms with van der Waals surface area (Å²) in [5.74, 6) is 0. The van der Waals surface area contributed by atoms with Gasteiger partial charge in [0, 0.05) is 85.0 Å². The molecule has 0 amide bonds. The molecular formula is C78H47BN2OS2. The minimum Gasteiger partial charge on any atom is -0.456 e. The number of para-hydroxylation sites is 3. The maximum absolute atomic E-state index is 6.49. The van der Waals surface area contributed by atoms with Gasteiger partial charge in [0.2, 0.25) is 0 Å². The second kappa shape index (κ2) is 18.6. The molecule has 13 aromatic carbocycles. The molecule has 18 rings (SSSR count). The molecule has 2 aliphatic heterocycles. The topological polar surface area (TPSA) is 19.6 Å². The maximum atomic E-state index is 6.49. The number of thiophene rings is 2. The number of furan rings is 1. The van der Waals surface area contributed by atoms with Gasteiger partial charge < -0.3 is 14.2 Å². The Morgan fingerprint density at radius 2 is 0.702 bits per heavy atom. The van der Waals surface area contributed by atoms with E-state index in [0.717, 1.165) is 89.4 Å². The van der Waals surface area contributed by atoms with Crippen molar-refractivity contribution >= 4 is 142 Å². The van der Waals surface area contributed by atoms with Gasteiger partial charge in [-0.15, -0.1) is 22.7 Å². The zero-order valence-corrected chi connectivity index (χ0v) is 47.0. The average Bonchev–Trinajstić information content (AvgIpc) is 1.18. The number of hydrogen-bond donors (Lipinski definition) is 0. The van der Waals surface area contributed by atoms with E-state index in [9.17, 15) is 0 Å². The van der Waals surface area contributed by atoms with Gasteiger partial charge in [0.1, 0.15) is 11.2 Å². The van der Waals surface area contributed by atoms with Crippen LogP contribution in [0.15, 0.2) is 290 Å². The second-order valence-corrected chi connectivity index (χ2v) is 24.4. The van der Waals surface area contributed by atoms with Crippen LogP contribution in [0.4, 0.5) is 34.1 Å². The van der Waals surface area contributed by atoms with Crippen molar-refractivity contribution in [3.05, 3.63) is 285 Å². The van der Waals surface area contributed by atoms with E-state index in [1.165, 1.54) is 79.0 Å². The van der Waals surface area contributed by atoms with E-state index in [1.54, 1.807) is 0 Å². The molecule has 0 fully saturated rings. The van der Waals surface area contributed by atoms with Crippen LogP contribution in [0.1, 0.15) is 0 Å². The summed E-state index contributed by atoms with van der Waals surface area (Å²) in [5, 5.41) is 7.40. The average molecular weight is 1100 g/mol. The molecule has 0 aliphatic carbocycles. The van der Waals surface area contributed by atoms with E-state index in [4.69, 9.17) is 4.42 Å². The fraction of sp³-hybridized carbons (Fsp3) is 0. The number of hydrogen-bond acceptors (Lipinski definition) is 5. The summed E-state index contributed by atoms with van der Waals surface area (Å²) in [4.78, 5) is 5.20. The Bertz CT molecular complexity index is 5090. The fourth-order valence-corrected chi connectivity index (χ4v) is 16.3. The lowest BCUT2D eigenvalue weighted by atomic mass is 9.33. The first kappa shape index (κ1) is 47.4. The van der Waals surface area contributed by atoms with Gasteiger partial charge in [0.05, 0.1) is 11.4 Å². The number of fused-ring (bicyclic) bond motifs is 13. The van der Waals surface area contributed by atoms with Crippen LogP contribution >= 0.6 is 22.7 Å². The summed E-state index contributed by atoms with van der Waals surface area (Å²) in [6, 6.07) is 106. The second-order valence-electron chi connectivity index (χ2n) is 22.2. The van der Waals surface area contributed by atoms with Crippen molar-refractivity contribution < 1.29 is 4.42 Å². The van der Waals surface area contributed by atoms with Gasteiger partial charge in [0.25, 0.3) is 6.71 Å². The Kier molecular flexibility index (Phi) is 10.5. The van der Waals surface area contributed by atoms with Crippen molar-refractivity contribution in [3.63, 3.8) is 0 Å². The third-order valence-electron chi connectivity index (χ3n) is 17.7. The van der Waals surface area contributed by atoms with E-state index in [2.05, 4.69) is 295 Å². The quantitative estimate of drug-likeness (QED) is 0.148. The molecule has 5 heterocycles. The van der Waals surface area contributed by atoms with Crippen LogP contribution in [0.2, 0.25) is 0 Å². The zero-order chi connectivity index (χ0) is 55.0. The fourth-order valence-electron chi connectivity index (χ4n) is 14.0.